The Morgan fingerprint density at radius 3 is 2.57 bits per heavy atom. The topological polar surface area (TPSA) is 66.8 Å². The molecule has 0 unspecified atom stereocenters. The van der Waals surface area contributed by atoms with Crippen LogP contribution in [-0.4, -0.2) is 41.6 Å². The summed E-state index contributed by atoms with van der Waals surface area (Å²) in [5, 5.41) is 8.65. The van der Waals surface area contributed by atoms with Crippen molar-refractivity contribution in [1.82, 2.24) is 4.90 Å². The number of aryl methyl sites for hydroxylation is 1. The highest BCUT2D eigenvalue weighted by Crippen LogP contribution is 2.16. The third-order valence-corrected chi connectivity index (χ3v) is 3.22. The smallest absolute Gasteiger partial charge is 0.305 e. The first-order valence-corrected chi connectivity index (χ1v) is 7.22. The predicted octanol–water partition coefficient (Wildman–Crippen LogP) is 2.48. The van der Waals surface area contributed by atoms with Crippen LogP contribution in [0.1, 0.15) is 31.7 Å². The second-order valence-corrected chi connectivity index (χ2v) is 4.83. The number of hydrogen-bond donors (Lipinski definition) is 1. The van der Waals surface area contributed by atoms with Crippen LogP contribution in [0.2, 0.25) is 0 Å². The van der Waals surface area contributed by atoms with Crippen molar-refractivity contribution in [2.45, 2.75) is 33.1 Å². The molecule has 1 amide bonds. The molecule has 1 rings (SSSR count). The molecule has 0 aliphatic carbocycles. The highest BCUT2D eigenvalue weighted by molar-refractivity contribution is 5.77. The summed E-state index contributed by atoms with van der Waals surface area (Å²) in [6.07, 6.45) is 0.982. The molecule has 116 valence electrons. The molecular weight excluding hydrogens is 270 g/mol. The van der Waals surface area contributed by atoms with Crippen molar-refractivity contribution in [2.24, 2.45) is 0 Å². The van der Waals surface area contributed by atoms with Gasteiger partial charge in [-0.3, -0.25) is 9.59 Å². The lowest BCUT2D eigenvalue weighted by molar-refractivity contribution is -0.138. The van der Waals surface area contributed by atoms with Crippen molar-refractivity contribution in [1.29, 1.82) is 0 Å². The minimum atomic E-state index is -0.885. The van der Waals surface area contributed by atoms with Gasteiger partial charge in [-0.15, -0.1) is 0 Å². The van der Waals surface area contributed by atoms with Gasteiger partial charge < -0.3 is 14.7 Å². The molecule has 0 bridgehead atoms. The average Bonchev–Trinajstić information content (AvgIpc) is 2.45. The minimum Gasteiger partial charge on any atom is -0.493 e. The molecule has 0 fully saturated rings. The third-order valence-electron chi connectivity index (χ3n) is 3.22. The molecular formula is C16H23NO4. The number of benzene rings is 1. The molecule has 0 radical (unpaired) electrons. The summed E-state index contributed by atoms with van der Waals surface area (Å²) in [7, 11) is 0. The van der Waals surface area contributed by atoms with Crippen molar-refractivity contribution in [3.05, 3.63) is 29.8 Å². The first kappa shape index (κ1) is 17.0. The maximum Gasteiger partial charge on any atom is 0.305 e. The van der Waals surface area contributed by atoms with E-state index in [1.54, 1.807) is 4.90 Å². The van der Waals surface area contributed by atoms with E-state index in [1.807, 2.05) is 38.1 Å². The maximum absolute atomic E-state index is 11.9. The van der Waals surface area contributed by atoms with Gasteiger partial charge in [0.2, 0.25) is 5.91 Å². The lowest BCUT2D eigenvalue weighted by atomic mass is 10.2. The molecule has 1 aromatic rings. The number of para-hydroxylation sites is 1. The molecule has 1 aromatic carbocycles. The van der Waals surface area contributed by atoms with Gasteiger partial charge in [-0.1, -0.05) is 18.2 Å². The quantitative estimate of drug-likeness (QED) is 0.710. The lowest BCUT2D eigenvalue weighted by Crippen LogP contribution is -2.32. The van der Waals surface area contributed by atoms with Crippen LogP contribution in [-0.2, 0) is 9.59 Å². The molecule has 5 nitrogen and oxygen atoms in total. The van der Waals surface area contributed by atoms with E-state index in [-0.39, 0.29) is 18.9 Å². The molecule has 0 atom stereocenters. The summed E-state index contributed by atoms with van der Waals surface area (Å²) in [5.41, 5.74) is 1.07. The van der Waals surface area contributed by atoms with Crippen LogP contribution in [0.3, 0.4) is 0 Å². The summed E-state index contributed by atoms with van der Waals surface area (Å²) >= 11 is 0. The Bertz CT molecular complexity index is 473. The summed E-state index contributed by atoms with van der Waals surface area (Å²) in [6.45, 7) is 5.11. The normalized spacial score (nSPS) is 10.2. The van der Waals surface area contributed by atoms with E-state index >= 15 is 0 Å². The van der Waals surface area contributed by atoms with Crippen LogP contribution in [0.5, 0.6) is 5.75 Å². The van der Waals surface area contributed by atoms with Crippen molar-refractivity contribution < 1.29 is 19.4 Å². The molecule has 0 aromatic heterocycles. The van der Waals surface area contributed by atoms with E-state index < -0.39 is 5.97 Å². The summed E-state index contributed by atoms with van der Waals surface area (Å²) < 4.78 is 5.63. The Balaban J connectivity index is 2.29. The van der Waals surface area contributed by atoms with Crippen LogP contribution in [0.25, 0.3) is 0 Å². The fourth-order valence-electron chi connectivity index (χ4n) is 1.97. The van der Waals surface area contributed by atoms with Crippen LogP contribution < -0.4 is 4.74 Å². The van der Waals surface area contributed by atoms with Crippen molar-refractivity contribution in [3.63, 3.8) is 0 Å². The molecule has 0 aliphatic heterocycles. The first-order chi connectivity index (χ1) is 10.0. The van der Waals surface area contributed by atoms with Crippen molar-refractivity contribution in [2.75, 3.05) is 19.7 Å². The van der Waals surface area contributed by atoms with Gasteiger partial charge in [-0.2, -0.15) is 0 Å². The Morgan fingerprint density at radius 1 is 1.24 bits per heavy atom. The Labute approximate surface area is 125 Å². The first-order valence-electron chi connectivity index (χ1n) is 7.22. The van der Waals surface area contributed by atoms with E-state index in [4.69, 9.17) is 9.84 Å². The highest BCUT2D eigenvalue weighted by atomic mass is 16.5. The number of carbonyl (C=O) groups excluding carboxylic acids is 1. The number of rotatable bonds is 9. The minimum absolute atomic E-state index is 0.0146. The molecule has 0 spiro atoms. The molecule has 0 aliphatic rings. The molecule has 5 heteroatoms. The predicted molar refractivity (Wildman–Crippen MR) is 80.4 cm³/mol. The Morgan fingerprint density at radius 2 is 1.95 bits per heavy atom. The highest BCUT2D eigenvalue weighted by Gasteiger charge is 2.12. The van der Waals surface area contributed by atoms with Crippen molar-refractivity contribution >= 4 is 11.9 Å². The van der Waals surface area contributed by atoms with Crippen LogP contribution in [0, 0.1) is 6.92 Å². The number of aliphatic carboxylic acids is 1. The van der Waals surface area contributed by atoms with E-state index in [0.29, 0.717) is 26.0 Å². The lowest BCUT2D eigenvalue weighted by Gasteiger charge is -2.20. The summed E-state index contributed by atoms with van der Waals surface area (Å²) in [6, 6.07) is 7.75. The number of amides is 1. The van der Waals surface area contributed by atoms with Crippen molar-refractivity contribution in [3.8, 4) is 5.75 Å². The zero-order valence-corrected chi connectivity index (χ0v) is 12.7. The van der Waals surface area contributed by atoms with Crippen LogP contribution >= 0.6 is 0 Å². The Kier molecular flexibility index (Phi) is 7.29. The fraction of sp³-hybridized carbons (Fsp3) is 0.500. The van der Waals surface area contributed by atoms with Gasteiger partial charge in [-0.05, 0) is 31.9 Å². The fourth-order valence-corrected chi connectivity index (χ4v) is 1.97. The number of nitrogens with zero attached hydrogens (tertiary/aromatic N) is 1. The second-order valence-electron chi connectivity index (χ2n) is 4.83. The van der Waals surface area contributed by atoms with Gasteiger partial charge in [-0.25, -0.2) is 0 Å². The molecule has 1 N–H and O–H groups in total. The Hall–Kier alpha value is -2.04. The van der Waals surface area contributed by atoms with Gasteiger partial charge in [0, 0.05) is 19.5 Å². The number of hydrogen-bond acceptors (Lipinski definition) is 3. The van der Waals surface area contributed by atoms with E-state index in [1.165, 1.54) is 0 Å². The summed E-state index contributed by atoms with van der Waals surface area (Å²) in [4.78, 5) is 24.0. The van der Waals surface area contributed by atoms with Crippen LogP contribution in [0.4, 0.5) is 0 Å². The summed E-state index contributed by atoms with van der Waals surface area (Å²) in [5.74, 6) is -0.0700. The number of ether oxygens (including phenoxy) is 1. The molecule has 0 saturated carbocycles. The standard InChI is InChI=1S/C16H23NO4/c1-3-17(11-10-16(19)20)15(18)9-6-12-21-14-8-5-4-7-13(14)2/h4-5,7-8H,3,6,9-12H2,1-2H3,(H,19,20). The van der Waals surface area contributed by atoms with E-state index in [2.05, 4.69) is 0 Å². The SMILES string of the molecule is CCN(CCC(=O)O)C(=O)CCCOc1ccccc1C. The third kappa shape index (κ3) is 6.29. The number of carboxylic acids is 1. The van der Waals surface area contributed by atoms with E-state index in [9.17, 15) is 9.59 Å². The van der Waals surface area contributed by atoms with Gasteiger partial charge in [0.05, 0.1) is 13.0 Å². The van der Waals surface area contributed by atoms with Crippen LogP contribution in [0.15, 0.2) is 24.3 Å². The number of carbonyl (C=O) groups is 2. The number of carboxylic acid groups (broad SMARTS) is 1. The maximum atomic E-state index is 11.9. The van der Waals surface area contributed by atoms with E-state index in [0.717, 1.165) is 11.3 Å². The molecule has 0 heterocycles. The molecule has 21 heavy (non-hydrogen) atoms. The van der Waals surface area contributed by atoms with Gasteiger partial charge >= 0.3 is 5.97 Å². The van der Waals surface area contributed by atoms with Gasteiger partial charge in [0.15, 0.2) is 0 Å². The molecule has 0 saturated heterocycles. The van der Waals surface area contributed by atoms with Gasteiger partial charge in [0.1, 0.15) is 5.75 Å². The van der Waals surface area contributed by atoms with Gasteiger partial charge in [0.25, 0.3) is 0 Å². The zero-order chi connectivity index (χ0) is 15.7. The monoisotopic (exact) mass is 293 g/mol. The second kappa shape index (κ2) is 9.00. The zero-order valence-electron chi connectivity index (χ0n) is 12.7. The average molecular weight is 293 g/mol. The largest absolute Gasteiger partial charge is 0.493 e.